The number of aromatic hydroxyl groups is 2. The zero-order chi connectivity index (χ0) is 11.5. The first-order chi connectivity index (χ1) is 7.74. The van der Waals surface area contributed by atoms with Gasteiger partial charge in [-0.3, -0.25) is 0 Å². The summed E-state index contributed by atoms with van der Waals surface area (Å²) >= 11 is 0. The Morgan fingerprint density at radius 2 is 1.88 bits per heavy atom. The SMILES string of the molecule is CCCCc1c(O)c(O)cc2ccccc12. The van der Waals surface area contributed by atoms with E-state index in [1.54, 1.807) is 6.07 Å². The molecule has 2 aromatic rings. The maximum Gasteiger partial charge on any atom is 0.161 e. The van der Waals surface area contributed by atoms with Gasteiger partial charge in [-0.2, -0.15) is 0 Å². The summed E-state index contributed by atoms with van der Waals surface area (Å²) < 4.78 is 0. The molecule has 2 nitrogen and oxygen atoms in total. The normalized spacial score (nSPS) is 10.8. The first kappa shape index (κ1) is 10.8. The summed E-state index contributed by atoms with van der Waals surface area (Å²) in [4.78, 5) is 0. The molecule has 0 aliphatic heterocycles. The molecule has 2 heteroatoms. The van der Waals surface area contributed by atoms with Crippen LogP contribution >= 0.6 is 0 Å². The Morgan fingerprint density at radius 3 is 2.62 bits per heavy atom. The van der Waals surface area contributed by atoms with Crippen molar-refractivity contribution in [1.82, 2.24) is 0 Å². The molecule has 0 saturated carbocycles. The van der Waals surface area contributed by atoms with Gasteiger partial charge in [-0.15, -0.1) is 0 Å². The molecule has 0 amide bonds. The summed E-state index contributed by atoms with van der Waals surface area (Å²) in [6.07, 6.45) is 2.89. The summed E-state index contributed by atoms with van der Waals surface area (Å²) in [7, 11) is 0. The Morgan fingerprint density at radius 1 is 1.12 bits per heavy atom. The molecule has 2 aromatic carbocycles. The quantitative estimate of drug-likeness (QED) is 0.770. The lowest BCUT2D eigenvalue weighted by Gasteiger charge is -2.10. The van der Waals surface area contributed by atoms with Crippen molar-refractivity contribution in [3.8, 4) is 11.5 Å². The highest BCUT2D eigenvalue weighted by Crippen LogP contribution is 2.36. The van der Waals surface area contributed by atoms with Crippen LogP contribution in [0.5, 0.6) is 11.5 Å². The van der Waals surface area contributed by atoms with Crippen LogP contribution in [0.25, 0.3) is 10.8 Å². The number of benzene rings is 2. The second-order valence-corrected chi connectivity index (χ2v) is 4.05. The van der Waals surface area contributed by atoms with Crippen LogP contribution in [0.3, 0.4) is 0 Å². The number of hydrogen-bond acceptors (Lipinski definition) is 2. The van der Waals surface area contributed by atoms with Gasteiger partial charge in [0.25, 0.3) is 0 Å². The Kier molecular flexibility index (Phi) is 3.00. The number of unbranched alkanes of at least 4 members (excludes halogenated alkanes) is 1. The van der Waals surface area contributed by atoms with Gasteiger partial charge in [0.05, 0.1) is 0 Å². The maximum absolute atomic E-state index is 9.87. The molecule has 0 spiro atoms. The number of aryl methyl sites for hydroxylation is 1. The van der Waals surface area contributed by atoms with Gasteiger partial charge in [0.2, 0.25) is 0 Å². The van der Waals surface area contributed by atoms with Gasteiger partial charge in [0.1, 0.15) is 0 Å². The maximum atomic E-state index is 9.87. The monoisotopic (exact) mass is 216 g/mol. The predicted octanol–water partition coefficient (Wildman–Crippen LogP) is 3.59. The van der Waals surface area contributed by atoms with Crippen molar-refractivity contribution < 1.29 is 10.2 Å². The van der Waals surface area contributed by atoms with E-state index in [-0.39, 0.29) is 11.5 Å². The molecule has 0 radical (unpaired) electrons. The second kappa shape index (κ2) is 4.44. The molecule has 0 unspecified atom stereocenters. The van der Waals surface area contributed by atoms with Gasteiger partial charge in [-0.1, -0.05) is 37.6 Å². The molecule has 0 saturated heterocycles. The van der Waals surface area contributed by atoms with Crippen LogP contribution in [0.2, 0.25) is 0 Å². The highest BCUT2D eigenvalue weighted by Gasteiger charge is 2.10. The molecule has 0 fully saturated rings. The van der Waals surface area contributed by atoms with Crippen molar-refractivity contribution in [3.05, 3.63) is 35.9 Å². The lowest BCUT2D eigenvalue weighted by molar-refractivity contribution is 0.400. The lowest BCUT2D eigenvalue weighted by atomic mass is 9.98. The fourth-order valence-electron chi connectivity index (χ4n) is 2.00. The Balaban J connectivity index is 2.61. The van der Waals surface area contributed by atoms with Crippen LogP contribution in [0.15, 0.2) is 30.3 Å². The third-order valence-electron chi connectivity index (χ3n) is 2.89. The predicted molar refractivity (Wildman–Crippen MR) is 65.9 cm³/mol. The lowest BCUT2D eigenvalue weighted by Crippen LogP contribution is -1.89. The van der Waals surface area contributed by atoms with Crippen molar-refractivity contribution in [2.75, 3.05) is 0 Å². The third kappa shape index (κ3) is 1.83. The van der Waals surface area contributed by atoms with E-state index in [4.69, 9.17) is 0 Å². The fourth-order valence-corrected chi connectivity index (χ4v) is 2.00. The minimum atomic E-state index is -0.0233. The average Bonchev–Trinajstić information content (AvgIpc) is 2.30. The third-order valence-corrected chi connectivity index (χ3v) is 2.89. The van der Waals surface area contributed by atoms with Gasteiger partial charge >= 0.3 is 0 Å². The summed E-state index contributed by atoms with van der Waals surface area (Å²) in [5.41, 5.74) is 0.859. The molecule has 2 rings (SSSR count). The van der Waals surface area contributed by atoms with Gasteiger partial charge in [-0.05, 0) is 29.7 Å². The van der Waals surface area contributed by atoms with E-state index in [0.717, 1.165) is 35.6 Å². The van der Waals surface area contributed by atoms with Crippen molar-refractivity contribution in [3.63, 3.8) is 0 Å². The molecule has 0 heterocycles. The van der Waals surface area contributed by atoms with Gasteiger partial charge in [0.15, 0.2) is 11.5 Å². The Hall–Kier alpha value is -1.70. The van der Waals surface area contributed by atoms with Crippen LogP contribution < -0.4 is 0 Å². The van der Waals surface area contributed by atoms with E-state index in [2.05, 4.69) is 6.92 Å². The molecule has 84 valence electrons. The van der Waals surface area contributed by atoms with Crippen molar-refractivity contribution in [2.45, 2.75) is 26.2 Å². The van der Waals surface area contributed by atoms with Crippen LogP contribution in [-0.2, 0) is 6.42 Å². The van der Waals surface area contributed by atoms with Gasteiger partial charge < -0.3 is 10.2 Å². The van der Waals surface area contributed by atoms with Crippen LogP contribution in [0, 0.1) is 0 Å². The molecule has 0 atom stereocenters. The standard InChI is InChI=1S/C14H16O2/c1-2-3-7-12-11-8-5-4-6-10(11)9-13(15)14(12)16/h4-6,8-9,15-16H,2-3,7H2,1H3. The largest absolute Gasteiger partial charge is 0.504 e. The molecule has 2 N–H and O–H groups in total. The molecule has 16 heavy (non-hydrogen) atoms. The number of hydrogen-bond donors (Lipinski definition) is 2. The summed E-state index contributed by atoms with van der Waals surface area (Å²) in [6.45, 7) is 2.11. The summed E-state index contributed by atoms with van der Waals surface area (Å²) in [5, 5.41) is 21.5. The topological polar surface area (TPSA) is 40.5 Å². The molecule has 0 bridgehead atoms. The highest BCUT2D eigenvalue weighted by molar-refractivity contribution is 5.89. The minimum absolute atomic E-state index is 0.0233. The van der Waals surface area contributed by atoms with Crippen LogP contribution in [0.4, 0.5) is 0 Å². The van der Waals surface area contributed by atoms with E-state index < -0.39 is 0 Å². The van der Waals surface area contributed by atoms with Gasteiger partial charge in [-0.25, -0.2) is 0 Å². The van der Waals surface area contributed by atoms with Gasteiger partial charge in [0, 0.05) is 5.56 Å². The first-order valence-corrected chi connectivity index (χ1v) is 5.66. The number of phenols is 2. The number of phenolic OH excluding ortho intramolecular Hbond substituents is 2. The fraction of sp³-hybridized carbons (Fsp3) is 0.286. The van der Waals surface area contributed by atoms with Crippen molar-refractivity contribution >= 4 is 10.8 Å². The minimum Gasteiger partial charge on any atom is -0.504 e. The Labute approximate surface area is 95.2 Å². The zero-order valence-corrected chi connectivity index (χ0v) is 9.40. The van der Waals surface area contributed by atoms with Crippen molar-refractivity contribution in [1.29, 1.82) is 0 Å². The molecule has 0 aliphatic rings. The molecular weight excluding hydrogens is 200 g/mol. The zero-order valence-electron chi connectivity index (χ0n) is 9.40. The molecular formula is C14H16O2. The molecule has 0 aliphatic carbocycles. The average molecular weight is 216 g/mol. The second-order valence-electron chi connectivity index (χ2n) is 4.05. The highest BCUT2D eigenvalue weighted by atomic mass is 16.3. The number of rotatable bonds is 3. The Bertz CT molecular complexity index is 503. The van der Waals surface area contributed by atoms with Crippen LogP contribution in [-0.4, -0.2) is 10.2 Å². The van der Waals surface area contributed by atoms with Crippen molar-refractivity contribution in [2.24, 2.45) is 0 Å². The summed E-state index contributed by atoms with van der Waals surface area (Å²) in [5.74, 6) is 0.0111. The van der Waals surface area contributed by atoms with E-state index in [9.17, 15) is 10.2 Å². The van der Waals surface area contributed by atoms with E-state index in [1.807, 2.05) is 24.3 Å². The first-order valence-electron chi connectivity index (χ1n) is 5.66. The summed E-state index contributed by atoms with van der Waals surface area (Å²) in [6, 6.07) is 9.43. The molecule has 0 aromatic heterocycles. The van der Waals surface area contributed by atoms with E-state index in [1.165, 1.54) is 0 Å². The van der Waals surface area contributed by atoms with Crippen LogP contribution in [0.1, 0.15) is 25.3 Å². The smallest absolute Gasteiger partial charge is 0.161 e. The van der Waals surface area contributed by atoms with E-state index in [0.29, 0.717) is 0 Å². The van der Waals surface area contributed by atoms with E-state index >= 15 is 0 Å². The number of fused-ring (bicyclic) bond motifs is 1.